The second-order valence-corrected chi connectivity index (χ2v) is 5.33. The Balaban J connectivity index is 0.00000176. The van der Waals surface area contributed by atoms with Crippen molar-refractivity contribution in [2.75, 3.05) is 18.4 Å². The summed E-state index contributed by atoms with van der Waals surface area (Å²) in [6.45, 7) is 3.82. The fourth-order valence-electron chi connectivity index (χ4n) is 2.47. The summed E-state index contributed by atoms with van der Waals surface area (Å²) in [4.78, 5) is 16.5. The highest BCUT2D eigenvalue weighted by molar-refractivity contribution is 6.01. The molecule has 1 saturated heterocycles. The van der Waals surface area contributed by atoms with Crippen LogP contribution >= 0.6 is 12.4 Å². The third-order valence-electron chi connectivity index (χ3n) is 3.65. The number of nitrogens with one attached hydrogen (secondary N) is 3. The number of aromatic nitrogens is 5. The van der Waals surface area contributed by atoms with Gasteiger partial charge in [-0.1, -0.05) is 0 Å². The molecule has 3 heterocycles. The van der Waals surface area contributed by atoms with E-state index in [0.717, 1.165) is 37.4 Å². The number of rotatable bonds is 3. The zero-order chi connectivity index (χ0) is 14.8. The minimum Gasteiger partial charge on any atom is -0.317 e. The van der Waals surface area contributed by atoms with Crippen molar-refractivity contribution in [3.63, 3.8) is 0 Å². The lowest BCUT2D eigenvalue weighted by atomic mass is 9.98. The lowest BCUT2D eigenvalue weighted by Gasteiger charge is -2.19. The molecule has 1 aliphatic heterocycles. The maximum Gasteiger partial charge on any atom is 0.278 e. The van der Waals surface area contributed by atoms with Crippen molar-refractivity contribution in [2.45, 2.75) is 25.7 Å². The van der Waals surface area contributed by atoms with Gasteiger partial charge in [-0.2, -0.15) is 15.2 Å². The second-order valence-electron chi connectivity index (χ2n) is 5.33. The van der Waals surface area contributed by atoms with Gasteiger partial charge in [0.1, 0.15) is 0 Å². The van der Waals surface area contributed by atoms with Gasteiger partial charge in [0.15, 0.2) is 11.5 Å². The summed E-state index contributed by atoms with van der Waals surface area (Å²) in [6, 6.07) is 1.69. The van der Waals surface area contributed by atoms with Crippen molar-refractivity contribution in [1.29, 1.82) is 0 Å². The van der Waals surface area contributed by atoms with Crippen molar-refractivity contribution in [2.24, 2.45) is 7.05 Å². The number of carbonyl (C=O) groups excluding carboxylic acids is 1. The van der Waals surface area contributed by atoms with Crippen molar-refractivity contribution < 1.29 is 4.79 Å². The van der Waals surface area contributed by atoms with Gasteiger partial charge in [-0.15, -0.1) is 12.4 Å². The Morgan fingerprint density at radius 3 is 2.77 bits per heavy atom. The molecule has 0 atom stereocenters. The predicted octanol–water partition coefficient (Wildman–Crippen LogP) is 0.988. The SMILES string of the molecule is Cc1cc(C(=O)Nc2nc(C3CCNCC3)nn2C)n[nH]1.Cl. The average molecular weight is 326 g/mol. The molecule has 120 valence electrons. The fraction of sp³-hybridized carbons (Fsp3) is 0.538. The smallest absolute Gasteiger partial charge is 0.278 e. The first kappa shape index (κ1) is 16.4. The molecule has 0 bridgehead atoms. The molecule has 2 aromatic heterocycles. The van der Waals surface area contributed by atoms with E-state index in [1.165, 1.54) is 0 Å². The van der Waals surface area contributed by atoms with Gasteiger partial charge >= 0.3 is 0 Å². The quantitative estimate of drug-likeness (QED) is 0.781. The van der Waals surface area contributed by atoms with Crippen LogP contribution in [-0.4, -0.2) is 44.0 Å². The average Bonchev–Trinajstić information content (AvgIpc) is 3.07. The predicted molar refractivity (Wildman–Crippen MR) is 84.4 cm³/mol. The first-order valence-corrected chi connectivity index (χ1v) is 7.08. The summed E-state index contributed by atoms with van der Waals surface area (Å²) in [5.41, 5.74) is 1.19. The van der Waals surface area contributed by atoms with Crippen LogP contribution in [0.5, 0.6) is 0 Å². The molecule has 8 nitrogen and oxygen atoms in total. The summed E-state index contributed by atoms with van der Waals surface area (Å²) in [6.07, 6.45) is 2.05. The maximum absolute atomic E-state index is 12.1. The van der Waals surface area contributed by atoms with Crippen LogP contribution in [0.2, 0.25) is 0 Å². The van der Waals surface area contributed by atoms with E-state index >= 15 is 0 Å². The zero-order valence-electron chi connectivity index (χ0n) is 12.6. The minimum atomic E-state index is -0.285. The Hall–Kier alpha value is -1.93. The lowest BCUT2D eigenvalue weighted by Crippen LogP contribution is -2.27. The van der Waals surface area contributed by atoms with Gasteiger partial charge in [0, 0.05) is 18.7 Å². The molecule has 0 radical (unpaired) electrons. The van der Waals surface area contributed by atoms with E-state index in [0.29, 0.717) is 17.6 Å². The number of carbonyl (C=O) groups is 1. The van der Waals surface area contributed by atoms with Crippen LogP contribution in [0.3, 0.4) is 0 Å². The highest BCUT2D eigenvalue weighted by Crippen LogP contribution is 2.23. The Morgan fingerprint density at radius 1 is 1.41 bits per heavy atom. The van der Waals surface area contributed by atoms with E-state index in [9.17, 15) is 4.79 Å². The second kappa shape index (κ2) is 6.89. The number of piperidine rings is 1. The zero-order valence-corrected chi connectivity index (χ0v) is 13.4. The van der Waals surface area contributed by atoms with E-state index in [1.54, 1.807) is 17.8 Å². The Bertz CT molecular complexity index is 645. The molecule has 1 aliphatic rings. The molecule has 1 amide bonds. The first-order chi connectivity index (χ1) is 10.1. The number of halogens is 1. The van der Waals surface area contributed by atoms with E-state index in [4.69, 9.17) is 0 Å². The van der Waals surface area contributed by atoms with Gasteiger partial charge in [0.2, 0.25) is 5.95 Å². The fourth-order valence-corrected chi connectivity index (χ4v) is 2.47. The van der Waals surface area contributed by atoms with Crippen molar-refractivity contribution in [3.05, 3.63) is 23.3 Å². The van der Waals surface area contributed by atoms with Gasteiger partial charge in [0.05, 0.1) is 0 Å². The summed E-state index contributed by atoms with van der Waals surface area (Å²) in [5, 5.41) is 17.2. The van der Waals surface area contributed by atoms with Gasteiger partial charge in [-0.3, -0.25) is 15.2 Å². The third-order valence-corrected chi connectivity index (χ3v) is 3.65. The van der Waals surface area contributed by atoms with Crippen LogP contribution in [-0.2, 0) is 7.05 Å². The standard InChI is InChI=1S/C13H19N7O.ClH/c1-8-7-10(18-17-8)12(21)16-13-15-11(19-20(13)2)9-3-5-14-6-4-9;/h7,9,14H,3-6H2,1-2H3,(H,17,18)(H,15,16,19,21);1H. The number of anilines is 1. The van der Waals surface area contributed by atoms with Crippen molar-refractivity contribution >= 4 is 24.3 Å². The molecule has 0 saturated carbocycles. The minimum absolute atomic E-state index is 0. The Kier molecular flexibility index (Phi) is 5.15. The molecule has 22 heavy (non-hydrogen) atoms. The monoisotopic (exact) mass is 325 g/mol. The van der Waals surface area contributed by atoms with Crippen LogP contribution in [0.1, 0.15) is 40.8 Å². The topological polar surface area (TPSA) is 101 Å². The number of hydrogen-bond acceptors (Lipinski definition) is 5. The van der Waals surface area contributed by atoms with E-state index < -0.39 is 0 Å². The molecule has 2 aromatic rings. The summed E-state index contributed by atoms with van der Waals surface area (Å²) >= 11 is 0. The number of H-pyrrole nitrogens is 1. The Labute approximate surface area is 134 Å². The molecule has 1 fully saturated rings. The van der Waals surface area contributed by atoms with Crippen LogP contribution in [0.4, 0.5) is 5.95 Å². The van der Waals surface area contributed by atoms with Gasteiger partial charge in [-0.25, -0.2) is 4.68 Å². The molecule has 3 rings (SSSR count). The Morgan fingerprint density at radius 2 is 2.14 bits per heavy atom. The third kappa shape index (κ3) is 3.45. The molecule has 0 aliphatic carbocycles. The van der Waals surface area contributed by atoms with Crippen LogP contribution in [0.15, 0.2) is 6.07 Å². The molecule has 9 heteroatoms. The molecule has 0 aromatic carbocycles. The number of amides is 1. The van der Waals surface area contributed by atoms with Crippen molar-refractivity contribution in [1.82, 2.24) is 30.3 Å². The van der Waals surface area contributed by atoms with Crippen LogP contribution < -0.4 is 10.6 Å². The molecule has 3 N–H and O–H groups in total. The van der Waals surface area contributed by atoms with E-state index in [1.807, 2.05) is 6.92 Å². The number of nitrogens with zero attached hydrogens (tertiary/aromatic N) is 4. The summed E-state index contributed by atoms with van der Waals surface area (Å²) in [7, 11) is 1.78. The summed E-state index contributed by atoms with van der Waals surface area (Å²) < 4.78 is 1.61. The summed E-state index contributed by atoms with van der Waals surface area (Å²) in [5.74, 6) is 1.32. The highest BCUT2D eigenvalue weighted by atomic mass is 35.5. The van der Waals surface area contributed by atoms with Crippen molar-refractivity contribution in [3.8, 4) is 0 Å². The lowest BCUT2D eigenvalue weighted by molar-refractivity contribution is 0.102. The number of aromatic amines is 1. The van der Waals surface area contributed by atoms with Crippen LogP contribution in [0.25, 0.3) is 0 Å². The van der Waals surface area contributed by atoms with E-state index in [-0.39, 0.29) is 18.3 Å². The molecular weight excluding hydrogens is 306 g/mol. The molecule has 0 spiro atoms. The maximum atomic E-state index is 12.1. The largest absolute Gasteiger partial charge is 0.317 e. The van der Waals surface area contributed by atoms with Gasteiger partial charge < -0.3 is 5.32 Å². The molecule has 0 unspecified atom stereocenters. The number of aryl methyl sites for hydroxylation is 2. The normalized spacial score (nSPS) is 15.4. The van der Waals surface area contributed by atoms with E-state index in [2.05, 4.69) is 30.9 Å². The van der Waals surface area contributed by atoms with Gasteiger partial charge in [0.25, 0.3) is 5.91 Å². The molecular formula is C13H20ClN7O. The number of hydrogen-bond donors (Lipinski definition) is 3. The van der Waals surface area contributed by atoms with Crippen LogP contribution in [0, 0.1) is 6.92 Å². The highest BCUT2D eigenvalue weighted by Gasteiger charge is 2.21. The first-order valence-electron chi connectivity index (χ1n) is 7.08. The van der Waals surface area contributed by atoms with Gasteiger partial charge in [-0.05, 0) is 38.9 Å².